The van der Waals surface area contributed by atoms with E-state index in [1.165, 1.54) is 0 Å². The van der Waals surface area contributed by atoms with Crippen molar-refractivity contribution < 1.29 is 14.4 Å². The number of oxime groups is 1. The maximum Gasteiger partial charge on any atom is 0.226 e. The van der Waals surface area contributed by atoms with Crippen LogP contribution in [0.1, 0.15) is 64.9 Å². The number of carbonyl (C=O) groups is 2. The average Bonchev–Trinajstić information content (AvgIpc) is 3.22. The zero-order valence-corrected chi connectivity index (χ0v) is 18.5. The number of benzene rings is 1. The molecule has 0 bridgehead atoms. The Morgan fingerprint density at radius 2 is 1.93 bits per heavy atom. The van der Waals surface area contributed by atoms with Gasteiger partial charge in [-0.15, -0.1) is 0 Å². The number of hydrogen-bond donors (Lipinski definition) is 1. The normalized spacial score (nSPS) is 20.6. The molecular formula is C24H35N3O3. The van der Waals surface area contributed by atoms with Crippen molar-refractivity contribution in [3.63, 3.8) is 0 Å². The van der Waals surface area contributed by atoms with E-state index in [4.69, 9.17) is 4.84 Å². The molecule has 0 unspecified atom stereocenters. The molecule has 2 aliphatic heterocycles. The van der Waals surface area contributed by atoms with Gasteiger partial charge in [-0.1, -0.05) is 62.7 Å². The van der Waals surface area contributed by atoms with Crippen molar-refractivity contribution in [2.75, 3.05) is 19.6 Å². The fraction of sp³-hybridized carbons (Fsp3) is 0.625. The molecule has 0 aromatic heterocycles. The maximum absolute atomic E-state index is 13.2. The summed E-state index contributed by atoms with van der Waals surface area (Å²) < 4.78 is 0. The number of amides is 2. The molecule has 0 saturated carbocycles. The highest BCUT2D eigenvalue weighted by molar-refractivity contribution is 6.01. The van der Waals surface area contributed by atoms with Gasteiger partial charge >= 0.3 is 0 Å². The number of nitrogens with zero attached hydrogens (tertiary/aromatic N) is 2. The van der Waals surface area contributed by atoms with Crippen LogP contribution in [0.25, 0.3) is 0 Å². The standard InChI is InChI=1S/C24H35N3O3/c1-4-5-13-25-23(29)24(11-14-27(15-12-24)22(28)18(2)3)17-20-16-21(26-30-20)19-9-7-6-8-10-19/h6-10,18,20H,4-5,11-17H2,1-3H3,(H,25,29)/t20-/m0/s1. The molecule has 2 amide bonds. The van der Waals surface area contributed by atoms with Crippen molar-refractivity contribution in [1.82, 2.24) is 10.2 Å². The predicted molar refractivity (Wildman–Crippen MR) is 118 cm³/mol. The Balaban J connectivity index is 1.67. The van der Waals surface area contributed by atoms with Gasteiger partial charge in [-0.3, -0.25) is 9.59 Å². The first-order chi connectivity index (χ1) is 14.4. The minimum atomic E-state index is -0.506. The summed E-state index contributed by atoms with van der Waals surface area (Å²) in [4.78, 5) is 33.3. The quantitative estimate of drug-likeness (QED) is 0.660. The number of piperidine rings is 1. The first-order valence-electron chi connectivity index (χ1n) is 11.3. The molecule has 1 atom stereocenters. The summed E-state index contributed by atoms with van der Waals surface area (Å²) in [6, 6.07) is 10.0. The number of likely N-dealkylation sites (tertiary alicyclic amines) is 1. The average molecular weight is 414 g/mol. The van der Waals surface area contributed by atoms with Gasteiger partial charge in [-0.2, -0.15) is 0 Å². The third-order valence-electron chi connectivity index (χ3n) is 6.28. The number of carbonyl (C=O) groups excluding carboxylic acids is 2. The Bertz CT molecular complexity index is 752. The van der Waals surface area contributed by atoms with Crippen LogP contribution in [0.4, 0.5) is 0 Å². The first-order valence-corrected chi connectivity index (χ1v) is 11.3. The topological polar surface area (TPSA) is 71.0 Å². The van der Waals surface area contributed by atoms with Crippen LogP contribution in [0.2, 0.25) is 0 Å². The highest BCUT2D eigenvalue weighted by Crippen LogP contribution is 2.39. The summed E-state index contributed by atoms with van der Waals surface area (Å²) in [6.45, 7) is 7.91. The van der Waals surface area contributed by atoms with E-state index < -0.39 is 5.41 Å². The lowest BCUT2D eigenvalue weighted by atomic mass is 9.72. The molecule has 1 N–H and O–H groups in total. The molecule has 0 spiro atoms. The molecule has 1 saturated heterocycles. The number of nitrogens with one attached hydrogen (secondary N) is 1. The van der Waals surface area contributed by atoms with Gasteiger partial charge in [-0.25, -0.2) is 0 Å². The Kier molecular flexibility index (Phi) is 7.51. The molecule has 0 radical (unpaired) electrons. The second-order valence-electron chi connectivity index (χ2n) is 8.91. The smallest absolute Gasteiger partial charge is 0.226 e. The number of rotatable bonds is 8. The van der Waals surface area contributed by atoms with Gasteiger partial charge in [0, 0.05) is 38.4 Å². The minimum Gasteiger partial charge on any atom is -0.392 e. The minimum absolute atomic E-state index is 0.0177. The van der Waals surface area contributed by atoms with E-state index >= 15 is 0 Å². The predicted octanol–water partition coefficient (Wildman–Crippen LogP) is 3.75. The third kappa shape index (κ3) is 5.21. The van der Waals surface area contributed by atoms with Crippen LogP contribution in [-0.4, -0.2) is 48.2 Å². The van der Waals surface area contributed by atoms with Crippen LogP contribution >= 0.6 is 0 Å². The van der Waals surface area contributed by atoms with Gasteiger partial charge < -0.3 is 15.1 Å². The van der Waals surface area contributed by atoms with Crippen molar-refractivity contribution in [2.24, 2.45) is 16.5 Å². The van der Waals surface area contributed by atoms with Crippen LogP contribution < -0.4 is 5.32 Å². The zero-order valence-electron chi connectivity index (χ0n) is 18.5. The molecule has 1 aromatic carbocycles. The Morgan fingerprint density at radius 3 is 2.57 bits per heavy atom. The molecule has 6 nitrogen and oxygen atoms in total. The number of unbranched alkanes of at least 4 members (excludes halogenated alkanes) is 1. The molecule has 2 aliphatic rings. The zero-order chi connectivity index (χ0) is 21.6. The molecule has 164 valence electrons. The summed E-state index contributed by atoms with van der Waals surface area (Å²) in [5.41, 5.74) is 1.50. The van der Waals surface area contributed by atoms with E-state index in [1.807, 2.05) is 49.1 Å². The Labute approximate surface area is 180 Å². The van der Waals surface area contributed by atoms with Gasteiger partial charge in [0.1, 0.15) is 6.10 Å². The van der Waals surface area contributed by atoms with Crippen molar-refractivity contribution in [1.29, 1.82) is 0 Å². The lowest BCUT2D eigenvalue weighted by Gasteiger charge is -2.42. The summed E-state index contributed by atoms with van der Waals surface area (Å²) in [5, 5.41) is 7.45. The third-order valence-corrected chi connectivity index (χ3v) is 6.28. The van der Waals surface area contributed by atoms with Crippen LogP contribution in [0.3, 0.4) is 0 Å². The first kappa shape index (κ1) is 22.3. The Hall–Kier alpha value is -2.37. The molecule has 30 heavy (non-hydrogen) atoms. The van der Waals surface area contributed by atoms with Gasteiger partial charge in [0.2, 0.25) is 11.8 Å². The molecule has 3 rings (SSSR count). The molecule has 6 heteroatoms. The molecule has 0 aliphatic carbocycles. The van der Waals surface area contributed by atoms with E-state index in [0.29, 0.717) is 45.3 Å². The van der Waals surface area contributed by atoms with E-state index in [9.17, 15) is 9.59 Å². The van der Waals surface area contributed by atoms with E-state index in [2.05, 4.69) is 17.4 Å². The van der Waals surface area contributed by atoms with Gasteiger partial charge in [-0.05, 0) is 24.8 Å². The highest BCUT2D eigenvalue weighted by Gasteiger charge is 2.45. The van der Waals surface area contributed by atoms with Crippen molar-refractivity contribution >= 4 is 17.5 Å². The monoisotopic (exact) mass is 413 g/mol. The number of hydrogen-bond acceptors (Lipinski definition) is 4. The van der Waals surface area contributed by atoms with Gasteiger partial charge in [0.05, 0.1) is 11.1 Å². The second kappa shape index (κ2) is 10.1. The van der Waals surface area contributed by atoms with Crippen LogP contribution in [-0.2, 0) is 14.4 Å². The Morgan fingerprint density at radius 1 is 1.23 bits per heavy atom. The summed E-state index contributed by atoms with van der Waals surface area (Å²) in [7, 11) is 0. The fourth-order valence-electron chi connectivity index (χ4n) is 4.39. The van der Waals surface area contributed by atoms with Crippen LogP contribution in [0, 0.1) is 11.3 Å². The van der Waals surface area contributed by atoms with Crippen molar-refractivity contribution in [2.45, 2.75) is 65.4 Å². The SMILES string of the molecule is CCCCNC(=O)C1(C[C@@H]2CC(c3ccccc3)=NO2)CCN(C(=O)C(C)C)CC1. The lowest BCUT2D eigenvalue weighted by molar-refractivity contribution is -0.144. The molecule has 2 heterocycles. The van der Waals surface area contributed by atoms with Gasteiger partial charge in [0.15, 0.2) is 0 Å². The van der Waals surface area contributed by atoms with E-state index in [-0.39, 0.29) is 23.8 Å². The summed E-state index contributed by atoms with van der Waals surface area (Å²) in [6.07, 6.45) is 4.60. The van der Waals surface area contributed by atoms with Crippen LogP contribution in [0.5, 0.6) is 0 Å². The molecule has 1 fully saturated rings. The van der Waals surface area contributed by atoms with E-state index in [1.54, 1.807) is 0 Å². The second-order valence-corrected chi connectivity index (χ2v) is 8.91. The van der Waals surface area contributed by atoms with Crippen molar-refractivity contribution in [3.05, 3.63) is 35.9 Å². The van der Waals surface area contributed by atoms with Gasteiger partial charge in [0.25, 0.3) is 0 Å². The lowest BCUT2D eigenvalue weighted by Crippen LogP contribution is -2.52. The van der Waals surface area contributed by atoms with Crippen LogP contribution in [0.15, 0.2) is 35.5 Å². The highest BCUT2D eigenvalue weighted by atomic mass is 16.6. The molecule has 1 aromatic rings. The largest absolute Gasteiger partial charge is 0.392 e. The van der Waals surface area contributed by atoms with E-state index in [0.717, 1.165) is 24.1 Å². The van der Waals surface area contributed by atoms with Crippen molar-refractivity contribution in [3.8, 4) is 0 Å². The molecular weight excluding hydrogens is 378 g/mol. The fourth-order valence-corrected chi connectivity index (χ4v) is 4.39. The summed E-state index contributed by atoms with van der Waals surface area (Å²) >= 11 is 0. The maximum atomic E-state index is 13.2. The summed E-state index contributed by atoms with van der Waals surface area (Å²) in [5.74, 6) is 0.252.